The molecule has 1 aromatic heterocycles. The number of nitrogens with one attached hydrogen (secondary N) is 1. The number of carbonyl (C=O) groups is 1. The molecule has 3 rings (SSSR count). The highest BCUT2D eigenvalue weighted by molar-refractivity contribution is 5.76. The molecule has 2 fully saturated rings. The number of aliphatic hydroxyl groups is 1. The van der Waals surface area contributed by atoms with Crippen LogP contribution >= 0.6 is 0 Å². The van der Waals surface area contributed by atoms with Crippen LogP contribution in [-0.4, -0.2) is 64.2 Å². The van der Waals surface area contributed by atoms with Gasteiger partial charge < -0.3 is 20.2 Å². The number of nitrogens with zero attached hydrogens (tertiary/aromatic N) is 4. The quantitative estimate of drug-likeness (QED) is 0.838. The Kier molecular flexibility index (Phi) is 4.95. The summed E-state index contributed by atoms with van der Waals surface area (Å²) in [5, 5.41) is 12.9. The molecule has 0 spiro atoms. The van der Waals surface area contributed by atoms with Crippen LogP contribution in [-0.2, 0) is 4.79 Å². The predicted octanol–water partition coefficient (Wildman–Crippen LogP) is 0.860. The SMILES string of the molecule is CCC(=O)N1CCC(Nc2cc(N3CCCC3CO)ncn2)C1. The van der Waals surface area contributed by atoms with Crippen molar-refractivity contribution in [3.05, 3.63) is 12.4 Å². The topological polar surface area (TPSA) is 81.6 Å². The second-order valence-corrected chi connectivity index (χ2v) is 6.26. The summed E-state index contributed by atoms with van der Waals surface area (Å²) in [5.41, 5.74) is 0. The molecule has 0 aliphatic carbocycles. The predicted molar refractivity (Wildman–Crippen MR) is 88.4 cm³/mol. The summed E-state index contributed by atoms with van der Waals surface area (Å²) < 4.78 is 0. The average Bonchev–Trinajstić information content (AvgIpc) is 3.23. The van der Waals surface area contributed by atoms with Crippen LogP contribution in [0.5, 0.6) is 0 Å². The van der Waals surface area contributed by atoms with E-state index in [4.69, 9.17) is 0 Å². The second-order valence-electron chi connectivity index (χ2n) is 6.26. The van der Waals surface area contributed by atoms with Crippen LogP contribution in [0.1, 0.15) is 32.6 Å². The van der Waals surface area contributed by atoms with Crippen molar-refractivity contribution in [1.82, 2.24) is 14.9 Å². The first-order valence-corrected chi connectivity index (χ1v) is 8.45. The fourth-order valence-corrected chi connectivity index (χ4v) is 3.45. The number of amides is 1. The van der Waals surface area contributed by atoms with Gasteiger partial charge in [-0.25, -0.2) is 9.97 Å². The van der Waals surface area contributed by atoms with Crippen molar-refractivity contribution < 1.29 is 9.90 Å². The van der Waals surface area contributed by atoms with Crippen LogP contribution < -0.4 is 10.2 Å². The highest BCUT2D eigenvalue weighted by Gasteiger charge is 2.27. The van der Waals surface area contributed by atoms with E-state index in [2.05, 4.69) is 20.2 Å². The third kappa shape index (κ3) is 3.55. The number of carbonyl (C=O) groups excluding carboxylic acids is 1. The molecule has 2 aliphatic rings. The zero-order valence-corrected chi connectivity index (χ0v) is 13.6. The molecule has 2 unspecified atom stereocenters. The van der Waals surface area contributed by atoms with Gasteiger partial charge in [-0.15, -0.1) is 0 Å². The van der Waals surface area contributed by atoms with Crippen molar-refractivity contribution in [2.75, 3.05) is 36.5 Å². The van der Waals surface area contributed by atoms with Gasteiger partial charge in [-0.1, -0.05) is 6.92 Å². The summed E-state index contributed by atoms with van der Waals surface area (Å²) in [4.78, 5) is 24.5. The Labute approximate surface area is 136 Å². The molecule has 2 atom stereocenters. The van der Waals surface area contributed by atoms with E-state index in [0.29, 0.717) is 6.42 Å². The fourth-order valence-electron chi connectivity index (χ4n) is 3.45. The van der Waals surface area contributed by atoms with Gasteiger partial charge in [0.2, 0.25) is 5.91 Å². The van der Waals surface area contributed by atoms with Crippen LogP contribution in [0.2, 0.25) is 0 Å². The molecular weight excluding hydrogens is 294 g/mol. The average molecular weight is 319 g/mol. The summed E-state index contributed by atoms with van der Waals surface area (Å²) in [5.74, 6) is 1.86. The minimum absolute atomic E-state index is 0.155. The van der Waals surface area contributed by atoms with Crippen LogP contribution in [0.15, 0.2) is 12.4 Å². The van der Waals surface area contributed by atoms with E-state index < -0.39 is 0 Å². The molecular formula is C16H25N5O2. The summed E-state index contributed by atoms with van der Waals surface area (Å²) in [7, 11) is 0. The van der Waals surface area contributed by atoms with Gasteiger partial charge in [-0.2, -0.15) is 0 Å². The first-order chi connectivity index (χ1) is 11.2. The van der Waals surface area contributed by atoms with Crippen LogP contribution in [0.25, 0.3) is 0 Å². The summed E-state index contributed by atoms with van der Waals surface area (Å²) in [6, 6.07) is 2.33. The second kappa shape index (κ2) is 7.12. The highest BCUT2D eigenvalue weighted by Crippen LogP contribution is 2.25. The van der Waals surface area contributed by atoms with E-state index in [-0.39, 0.29) is 24.6 Å². The van der Waals surface area contributed by atoms with Crippen LogP contribution in [0.4, 0.5) is 11.6 Å². The molecule has 2 aliphatic heterocycles. The first kappa shape index (κ1) is 16.0. The standard InChI is InChI=1S/C16H25N5O2/c1-2-16(23)20-7-5-12(9-20)19-14-8-15(18-11-17-14)21-6-3-4-13(21)10-22/h8,11-13,22H,2-7,9-10H2,1H3,(H,17,18,19). The molecule has 23 heavy (non-hydrogen) atoms. The molecule has 0 bridgehead atoms. The molecule has 0 radical (unpaired) electrons. The van der Waals surface area contributed by atoms with Gasteiger partial charge >= 0.3 is 0 Å². The highest BCUT2D eigenvalue weighted by atomic mass is 16.3. The number of hydrogen-bond donors (Lipinski definition) is 2. The minimum atomic E-state index is 0.155. The Balaban J connectivity index is 1.63. The van der Waals surface area contributed by atoms with Gasteiger partial charge in [0, 0.05) is 38.2 Å². The van der Waals surface area contributed by atoms with E-state index >= 15 is 0 Å². The van der Waals surface area contributed by atoms with E-state index in [1.165, 1.54) is 0 Å². The number of aliphatic hydroxyl groups excluding tert-OH is 1. The maximum absolute atomic E-state index is 11.8. The van der Waals surface area contributed by atoms with Gasteiger partial charge in [0.1, 0.15) is 18.0 Å². The molecule has 3 heterocycles. The van der Waals surface area contributed by atoms with Gasteiger partial charge in [0.25, 0.3) is 0 Å². The van der Waals surface area contributed by atoms with Gasteiger partial charge in [-0.05, 0) is 19.3 Å². The number of rotatable bonds is 5. The van der Waals surface area contributed by atoms with Crippen molar-refractivity contribution in [3.63, 3.8) is 0 Å². The molecule has 2 N–H and O–H groups in total. The molecule has 7 heteroatoms. The van der Waals surface area contributed by atoms with Crippen molar-refractivity contribution in [2.45, 2.75) is 44.7 Å². The summed E-state index contributed by atoms with van der Waals surface area (Å²) in [6.45, 7) is 4.51. The molecule has 0 saturated carbocycles. The molecule has 126 valence electrons. The molecule has 1 aromatic rings. The molecule has 2 saturated heterocycles. The normalized spacial score (nSPS) is 24.3. The lowest BCUT2D eigenvalue weighted by Gasteiger charge is -2.24. The van der Waals surface area contributed by atoms with E-state index in [1.807, 2.05) is 17.9 Å². The lowest BCUT2D eigenvalue weighted by molar-refractivity contribution is -0.129. The Hall–Kier alpha value is -1.89. The molecule has 1 amide bonds. The van der Waals surface area contributed by atoms with E-state index in [1.54, 1.807) is 6.33 Å². The Bertz CT molecular complexity index is 553. The number of anilines is 2. The van der Waals surface area contributed by atoms with Crippen molar-refractivity contribution in [2.24, 2.45) is 0 Å². The number of aromatic nitrogens is 2. The lowest BCUT2D eigenvalue weighted by atomic mass is 10.2. The van der Waals surface area contributed by atoms with Crippen molar-refractivity contribution >= 4 is 17.5 Å². The third-order valence-corrected chi connectivity index (χ3v) is 4.73. The van der Waals surface area contributed by atoms with Crippen molar-refractivity contribution in [3.8, 4) is 0 Å². The Morgan fingerprint density at radius 2 is 2.26 bits per heavy atom. The van der Waals surface area contributed by atoms with Gasteiger partial charge in [0.15, 0.2) is 0 Å². The monoisotopic (exact) mass is 319 g/mol. The smallest absolute Gasteiger partial charge is 0.222 e. The Morgan fingerprint density at radius 3 is 3.04 bits per heavy atom. The van der Waals surface area contributed by atoms with Gasteiger partial charge in [-0.3, -0.25) is 4.79 Å². The zero-order valence-electron chi connectivity index (χ0n) is 13.6. The van der Waals surface area contributed by atoms with Gasteiger partial charge in [0.05, 0.1) is 12.6 Å². The number of hydrogen-bond acceptors (Lipinski definition) is 6. The third-order valence-electron chi connectivity index (χ3n) is 4.73. The maximum Gasteiger partial charge on any atom is 0.222 e. The first-order valence-electron chi connectivity index (χ1n) is 8.45. The summed E-state index contributed by atoms with van der Waals surface area (Å²) in [6.07, 6.45) is 5.14. The minimum Gasteiger partial charge on any atom is -0.394 e. The molecule has 0 aromatic carbocycles. The largest absolute Gasteiger partial charge is 0.394 e. The van der Waals surface area contributed by atoms with E-state index in [0.717, 1.165) is 50.5 Å². The van der Waals surface area contributed by atoms with Crippen molar-refractivity contribution in [1.29, 1.82) is 0 Å². The maximum atomic E-state index is 11.8. The fraction of sp³-hybridized carbons (Fsp3) is 0.688. The van der Waals surface area contributed by atoms with Crippen LogP contribution in [0.3, 0.4) is 0 Å². The van der Waals surface area contributed by atoms with Crippen LogP contribution in [0, 0.1) is 0 Å². The number of likely N-dealkylation sites (tertiary alicyclic amines) is 1. The molecule has 7 nitrogen and oxygen atoms in total. The Morgan fingerprint density at radius 1 is 1.39 bits per heavy atom. The zero-order chi connectivity index (χ0) is 16.2. The summed E-state index contributed by atoms with van der Waals surface area (Å²) >= 11 is 0. The lowest BCUT2D eigenvalue weighted by Crippen LogP contribution is -2.33. The van der Waals surface area contributed by atoms with E-state index in [9.17, 15) is 9.90 Å².